The van der Waals surface area contributed by atoms with E-state index in [-0.39, 0.29) is 30.3 Å². The van der Waals surface area contributed by atoms with E-state index in [4.69, 9.17) is 0 Å². The molecule has 1 fully saturated rings. The lowest BCUT2D eigenvalue weighted by Crippen LogP contribution is -2.51. The van der Waals surface area contributed by atoms with Crippen LogP contribution in [0.15, 0.2) is 24.5 Å². The molecule has 2 heterocycles. The first-order chi connectivity index (χ1) is 10.1. The van der Waals surface area contributed by atoms with E-state index >= 15 is 0 Å². The fourth-order valence-corrected chi connectivity index (χ4v) is 2.25. The van der Waals surface area contributed by atoms with Crippen molar-refractivity contribution in [1.29, 1.82) is 0 Å². The predicted molar refractivity (Wildman–Crippen MR) is 88.0 cm³/mol. The van der Waals surface area contributed by atoms with Gasteiger partial charge in [-0.2, -0.15) is 0 Å². The Hall–Kier alpha value is -1.92. The smallest absolute Gasteiger partial charge is 0.252 e. The fourth-order valence-electron chi connectivity index (χ4n) is 2.25. The van der Waals surface area contributed by atoms with E-state index in [9.17, 15) is 9.59 Å². The van der Waals surface area contributed by atoms with Gasteiger partial charge in [-0.3, -0.25) is 14.6 Å². The quantitative estimate of drug-likeness (QED) is 0.803. The highest BCUT2D eigenvalue weighted by Gasteiger charge is 2.20. The summed E-state index contributed by atoms with van der Waals surface area (Å²) in [6, 6.07) is 1.89. The van der Waals surface area contributed by atoms with Crippen molar-refractivity contribution in [3.63, 3.8) is 0 Å². The van der Waals surface area contributed by atoms with E-state index in [2.05, 4.69) is 15.6 Å². The zero-order valence-electron chi connectivity index (χ0n) is 12.7. The second kappa shape index (κ2) is 8.51. The minimum Gasteiger partial charge on any atom is -0.355 e. The van der Waals surface area contributed by atoms with Crippen LogP contribution in [0, 0.1) is 0 Å². The highest BCUT2D eigenvalue weighted by Crippen LogP contribution is 2.08. The van der Waals surface area contributed by atoms with Crippen LogP contribution in [-0.2, 0) is 4.79 Å². The summed E-state index contributed by atoms with van der Waals surface area (Å²) in [5, 5.41) is 5.79. The summed E-state index contributed by atoms with van der Waals surface area (Å²) in [4.78, 5) is 29.6. The molecule has 6 nitrogen and oxygen atoms in total. The van der Waals surface area contributed by atoms with Crippen LogP contribution in [0.25, 0.3) is 6.08 Å². The molecule has 1 aromatic heterocycles. The van der Waals surface area contributed by atoms with Crippen molar-refractivity contribution < 1.29 is 9.59 Å². The summed E-state index contributed by atoms with van der Waals surface area (Å²) >= 11 is 0. The lowest BCUT2D eigenvalue weighted by Gasteiger charge is -2.33. The molecule has 0 spiro atoms. The van der Waals surface area contributed by atoms with Gasteiger partial charge in [0.05, 0.1) is 5.56 Å². The van der Waals surface area contributed by atoms with Crippen molar-refractivity contribution >= 4 is 30.3 Å². The van der Waals surface area contributed by atoms with Crippen molar-refractivity contribution in [2.45, 2.75) is 13.0 Å². The number of carbonyl (C=O) groups is 2. The van der Waals surface area contributed by atoms with Crippen LogP contribution in [0.5, 0.6) is 0 Å². The second-order valence-corrected chi connectivity index (χ2v) is 5.00. The van der Waals surface area contributed by atoms with E-state index in [1.807, 2.05) is 11.8 Å². The van der Waals surface area contributed by atoms with Crippen LogP contribution >= 0.6 is 12.4 Å². The third-order valence-electron chi connectivity index (χ3n) is 3.45. The Morgan fingerprint density at radius 2 is 2.23 bits per heavy atom. The van der Waals surface area contributed by atoms with Gasteiger partial charge in [0.15, 0.2) is 0 Å². The van der Waals surface area contributed by atoms with Crippen LogP contribution in [0.3, 0.4) is 0 Å². The number of aromatic nitrogens is 1. The van der Waals surface area contributed by atoms with Crippen molar-refractivity contribution in [1.82, 2.24) is 20.5 Å². The number of halogens is 1. The molecule has 0 bridgehead atoms. The topological polar surface area (TPSA) is 74.3 Å². The van der Waals surface area contributed by atoms with Crippen LogP contribution in [0.1, 0.15) is 22.8 Å². The van der Waals surface area contributed by atoms with Crippen LogP contribution < -0.4 is 10.6 Å². The molecular formula is C15H21ClN4O2. The van der Waals surface area contributed by atoms with Gasteiger partial charge in [0.2, 0.25) is 5.91 Å². The molecule has 2 N–H and O–H groups in total. The van der Waals surface area contributed by atoms with Gasteiger partial charge in [0, 0.05) is 51.2 Å². The minimum absolute atomic E-state index is 0. The largest absolute Gasteiger partial charge is 0.355 e. The van der Waals surface area contributed by atoms with Gasteiger partial charge >= 0.3 is 0 Å². The molecular weight excluding hydrogens is 304 g/mol. The molecule has 22 heavy (non-hydrogen) atoms. The highest BCUT2D eigenvalue weighted by molar-refractivity contribution is 5.95. The first-order valence-corrected chi connectivity index (χ1v) is 6.98. The van der Waals surface area contributed by atoms with Crippen LogP contribution in [0.2, 0.25) is 0 Å². The number of hydrogen-bond donors (Lipinski definition) is 2. The molecule has 1 aliphatic rings. The maximum Gasteiger partial charge on any atom is 0.252 e. The van der Waals surface area contributed by atoms with Crippen molar-refractivity contribution in [3.8, 4) is 0 Å². The third-order valence-corrected chi connectivity index (χ3v) is 3.45. The van der Waals surface area contributed by atoms with Gasteiger partial charge in [0.25, 0.3) is 5.91 Å². The second-order valence-electron chi connectivity index (χ2n) is 5.00. The summed E-state index contributed by atoms with van der Waals surface area (Å²) in [7, 11) is 1.57. The number of hydrogen-bond acceptors (Lipinski definition) is 4. The van der Waals surface area contributed by atoms with Crippen molar-refractivity contribution in [2.75, 3.05) is 26.7 Å². The molecule has 2 amide bonds. The number of amides is 2. The SMILES string of the molecule is CNC(=O)c1cncc(/C=C/C(=O)N2CCNCC2C)c1.Cl. The average molecular weight is 325 g/mol. The average Bonchev–Trinajstić information content (AvgIpc) is 2.52. The molecule has 0 radical (unpaired) electrons. The Morgan fingerprint density at radius 1 is 1.45 bits per heavy atom. The first-order valence-electron chi connectivity index (χ1n) is 6.98. The van der Waals surface area contributed by atoms with E-state index in [1.54, 1.807) is 25.4 Å². The third kappa shape index (κ3) is 4.54. The number of nitrogens with one attached hydrogen (secondary N) is 2. The lowest BCUT2D eigenvalue weighted by molar-refractivity contribution is -0.128. The van der Waals surface area contributed by atoms with Crippen molar-refractivity contribution in [2.24, 2.45) is 0 Å². The Labute approximate surface area is 136 Å². The summed E-state index contributed by atoms with van der Waals surface area (Å²) in [5.41, 5.74) is 1.20. The maximum absolute atomic E-state index is 12.2. The van der Waals surface area contributed by atoms with E-state index in [1.165, 1.54) is 12.3 Å². The van der Waals surface area contributed by atoms with Gasteiger partial charge in [-0.15, -0.1) is 12.4 Å². The molecule has 1 atom stereocenters. The zero-order valence-corrected chi connectivity index (χ0v) is 13.5. The number of nitrogens with zero attached hydrogens (tertiary/aromatic N) is 2. The number of piperazine rings is 1. The first kappa shape index (κ1) is 18.1. The van der Waals surface area contributed by atoms with Crippen LogP contribution in [-0.4, -0.2) is 54.4 Å². The fraction of sp³-hybridized carbons (Fsp3) is 0.400. The Morgan fingerprint density at radius 3 is 2.91 bits per heavy atom. The molecule has 1 aliphatic heterocycles. The van der Waals surface area contributed by atoms with E-state index in [0.717, 1.165) is 18.7 Å². The van der Waals surface area contributed by atoms with Gasteiger partial charge in [-0.1, -0.05) is 0 Å². The zero-order chi connectivity index (χ0) is 15.2. The molecule has 2 rings (SSSR count). The monoisotopic (exact) mass is 324 g/mol. The number of pyridine rings is 1. The molecule has 0 saturated carbocycles. The molecule has 1 aromatic rings. The minimum atomic E-state index is -0.195. The number of rotatable bonds is 3. The summed E-state index contributed by atoms with van der Waals surface area (Å²) in [6.07, 6.45) is 6.34. The molecule has 120 valence electrons. The Balaban J connectivity index is 0.00000242. The summed E-state index contributed by atoms with van der Waals surface area (Å²) in [6.45, 7) is 4.36. The summed E-state index contributed by atoms with van der Waals surface area (Å²) in [5.74, 6) is -0.214. The van der Waals surface area contributed by atoms with Gasteiger partial charge in [-0.05, 0) is 24.6 Å². The maximum atomic E-state index is 12.2. The summed E-state index contributed by atoms with van der Waals surface area (Å²) < 4.78 is 0. The molecule has 1 unspecified atom stereocenters. The lowest BCUT2D eigenvalue weighted by atomic mass is 10.1. The predicted octanol–water partition coefficient (Wildman–Crippen LogP) is 0.696. The van der Waals surface area contributed by atoms with Gasteiger partial charge in [0.1, 0.15) is 0 Å². The molecule has 1 saturated heterocycles. The van der Waals surface area contributed by atoms with Crippen LogP contribution in [0.4, 0.5) is 0 Å². The molecule has 0 aliphatic carbocycles. The molecule has 0 aromatic carbocycles. The normalized spacial score (nSPS) is 17.9. The number of carbonyl (C=O) groups excluding carboxylic acids is 2. The van der Waals surface area contributed by atoms with Gasteiger partial charge < -0.3 is 15.5 Å². The highest BCUT2D eigenvalue weighted by atomic mass is 35.5. The standard InChI is InChI=1S/C15H20N4O2.ClH/c1-11-8-17-5-6-19(11)14(20)4-3-12-7-13(10-18-9-12)15(21)16-2;/h3-4,7,9-11,17H,5-6,8H2,1-2H3,(H,16,21);1H/b4-3+;. The Bertz CT molecular complexity index is 562. The van der Waals surface area contributed by atoms with Gasteiger partial charge in [-0.25, -0.2) is 0 Å². The van der Waals surface area contributed by atoms with E-state index in [0.29, 0.717) is 12.1 Å². The molecule has 7 heteroatoms. The van der Waals surface area contributed by atoms with Crippen molar-refractivity contribution in [3.05, 3.63) is 35.7 Å². The van der Waals surface area contributed by atoms with E-state index < -0.39 is 0 Å². The Kier molecular flexibility index (Phi) is 7.01.